The summed E-state index contributed by atoms with van der Waals surface area (Å²) in [6.45, 7) is 4.76. The Morgan fingerprint density at radius 2 is 1.50 bits per heavy atom. The number of aryl methyl sites for hydroxylation is 1. The van der Waals surface area contributed by atoms with Gasteiger partial charge in [0.2, 0.25) is 6.79 Å². The molecule has 0 bridgehead atoms. The summed E-state index contributed by atoms with van der Waals surface area (Å²) < 4.78 is 10.8. The molecule has 3 amide bonds. The third-order valence-corrected chi connectivity index (χ3v) is 7.93. The molecule has 1 fully saturated rings. The van der Waals surface area contributed by atoms with Gasteiger partial charge in [0.05, 0.1) is 5.56 Å². The fourth-order valence-electron chi connectivity index (χ4n) is 5.47. The second-order valence-electron chi connectivity index (χ2n) is 11.0. The molecule has 4 aromatic carbocycles. The number of rotatable bonds is 7. The molecular weight excluding hydrogens is 556 g/mol. The zero-order valence-electron chi connectivity index (χ0n) is 24.8. The first kappa shape index (κ1) is 28.8. The molecule has 9 heteroatoms. The number of nitrogens with zero attached hydrogens (tertiary/aromatic N) is 3. The Hall–Kier alpha value is -5.31. The van der Waals surface area contributed by atoms with Gasteiger partial charge in [-0.05, 0) is 61.0 Å². The summed E-state index contributed by atoms with van der Waals surface area (Å²) in [4.78, 5) is 45.8. The van der Waals surface area contributed by atoms with Gasteiger partial charge in [-0.1, -0.05) is 48.0 Å². The van der Waals surface area contributed by atoms with Gasteiger partial charge in [0, 0.05) is 62.3 Å². The van der Waals surface area contributed by atoms with E-state index in [1.165, 1.54) is 0 Å². The van der Waals surface area contributed by atoms with Crippen molar-refractivity contribution in [2.24, 2.45) is 0 Å². The molecule has 0 spiro atoms. The van der Waals surface area contributed by atoms with Crippen LogP contribution in [0.5, 0.6) is 11.5 Å². The van der Waals surface area contributed by atoms with Crippen LogP contribution in [0.15, 0.2) is 91.0 Å². The average molecular weight is 591 g/mol. The van der Waals surface area contributed by atoms with Crippen molar-refractivity contribution in [2.75, 3.05) is 50.2 Å². The van der Waals surface area contributed by atoms with Crippen molar-refractivity contribution in [3.05, 3.63) is 119 Å². The maximum Gasteiger partial charge on any atom is 0.256 e. The van der Waals surface area contributed by atoms with Crippen LogP contribution in [-0.4, -0.2) is 67.5 Å². The number of hydrogen-bond donors (Lipinski definition) is 1. The maximum atomic E-state index is 13.9. The van der Waals surface area contributed by atoms with Gasteiger partial charge in [-0.25, -0.2) is 0 Å². The van der Waals surface area contributed by atoms with Crippen LogP contribution in [0.25, 0.3) is 0 Å². The first-order valence-corrected chi connectivity index (χ1v) is 14.6. The van der Waals surface area contributed by atoms with Crippen LogP contribution in [0.1, 0.15) is 42.2 Å². The number of carbonyl (C=O) groups excluding carboxylic acids is 3. The Labute approximate surface area is 256 Å². The van der Waals surface area contributed by atoms with Gasteiger partial charge in [-0.15, -0.1) is 0 Å². The third kappa shape index (κ3) is 6.22. The normalized spacial score (nSPS) is 13.9. The molecule has 0 aromatic heterocycles. The summed E-state index contributed by atoms with van der Waals surface area (Å²) in [6.07, 6.45) is 0. The van der Waals surface area contributed by atoms with Gasteiger partial charge in [-0.2, -0.15) is 0 Å². The quantitative estimate of drug-likeness (QED) is 0.318. The number of benzene rings is 4. The molecule has 44 heavy (non-hydrogen) atoms. The van der Waals surface area contributed by atoms with E-state index in [1.54, 1.807) is 42.3 Å². The molecule has 0 radical (unpaired) electrons. The predicted molar refractivity (Wildman–Crippen MR) is 168 cm³/mol. The molecule has 2 aliphatic rings. The zero-order chi connectivity index (χ0) is 30.6. The molecule has 1 saturated heterocycles. The molecule has 224 valence electrons. The standard InChI is InChI=1S/C35H34N4O5/c1-24-8-10-26(11-9-24)34(41)39-18-16-38(17-19-39)30-14-13-28(36-33(40)27-12-15-31-32(20-27)44-23-43-31)21-29(30)35(42)37(2)22-25-6-4-3-5-7-25/h3-15,20-21H,16-19,22-23H2,1-2H3,(H,36,40). The van der Waals surface area contributed by atoms with E-state index in [0.29, 0.717) is 66.6 Å². The van der Waals surface area contributed by atoms with Crippen molar-refractivity contribution >= 4 is 29.1 Å². The molecule has 2 heterocycles. The molecule has 0 atom stereocenters. The highest BCUT2D eigenvalue weighted by molar-refractivity contribution is 6.06. The Balaban J connectivity index is 1.22. The molecule has 0 saturated carbocycles. The van der Waals surface area contributed by atoms with Gasteiger partial charge in [0.15, 0.2) is 11.5 Å². The van der Waals surface area contributed by atoms with Crippen molar-refractivity contribution in [2.45, 2.75) is 13.5 Å². The maximum absolute atomic E-state index is 13.9. The fraction of sp³-hybridized carbons (Fsp3) is 0.229. The van der Waals surface area contributed by atoms with E-state index in [-0.39, 0.29) is 24.5 Å². The van der Waals surface area contributed by atoms with Crippen molar-refractivity contribution < 1.29 is 23.9 Å². The fourth-order valence-corrected chi connectivity index (χ4v) is 5.47. The lowest BCUT2D eigenvalue weighted by molar-refractivity contribution is 0.0742. The summed E-state index contributed by atoms with van der Waals surface area (Å²) in [6, 6.07) is 27.8. The smallest absolute Gasteiger partial charge is 0.256 e. The van der Waals surface area contributed by atoms with Crippen LogP contribution < -0.4 is 19.7 Å². The summed E-state index contributed by atoms with van der Waals surface area (Å²) >= 11 is 0. The van der Waals surface area contributed by atoms with E-state index in [0.717, 1.165) is 16.8 Å². The van der Waals surface area contributed by atoms with Crippen LogP contribution in [-0.2, 0) is 6.54 Å². The van der Waals surface area contributed by atoms with Gasteiger partial charge >= 0.3 is 0 Å². The molecule has 6 rings (SSSR count). The number of anilines is 2. The number of amides is 3. The van der Waals surface area contributed by atoms with Crippen LogP contribution in [0, 0.1) is 6.92 Å². The Morgan fingerprint density at radius 1 is 0.795 bits per heavy atom. The first-order chi connectivity index (χ1) is 21.4. The summed E-state index contributed by atoms with van der Waals surface area (Å²) in [7, 11) is 1.77. The van der Waals surface area contributed by atoms with Crippen molar-refractivity contribution in [1.82, 2.24) is 9.80 Å². The lowest BCUT2D eigenvalue weighted by Crippen LogP contribution is -2.49. The number of piperazine rings is 1. The minimum atomic E-state index is -0.324. The zero-order valence-corrected chi connectivity index (χ0v) is 24.8. The average Bonchev–Trinajstić information content (AvgIpc) is 3.53. The second-order valence-corrected chi connectivity index (χ2v) is 11.0. The van der Waals surface area contributed by atoms with Crippen LogP contribution in [0.3, 0.4) is 0 Å². The van der Waals surface area contributed by atoms with Crippen molar-refractivity contribution in [3.8, 4) is 11.5 Å². The molecule has 4 aromatic rings. The van der Waals surface area contributed by atoms with E-state index in [9.17, 15) is 14.4 Å². The SMILES string of the molecule is Cc1ccc(C(=O)N2CCN(c3ccc(NC(=O)c4ccc5c(c4)OCO5)cc3C(=O)N(C)Cc3ccccc3)CC2)cc1. The number of fused-ring (bicyclic) bond motifs is 1. The molecule has 9 nitrogen and oxygen atoms in total. The number of ether oxygens (including phenoxy) is 2. The second kappa shape index (κ2) is 12.5. The van der Waals surface area contributed by atoms with E-state index in [2.05, 4.69) is 10.2 Å². The van der Waals surface area contributed by atoms with E-state index < -0.39 is 0 Å². The topological polar surface area (TPSA) is 91.4 Å². The first-order valence-electron chi connectivity index (χ1n) is 14.6. The monoisotopic (exact) mass is 590 g/mol. The van der Waals surface area contributed by atoms with Gasteiger partial charge in [0.1, 0.15) is 0 Å². The Bertz CT molecular complexity index is 1680. The van der Waals surface area contributed by atoms with Crippen LogP contribution in [0.4, 0.5) is 11.4 Å². The molecular formula is C35H34N4O5. The number of hydrogen-bond acceptors (Lipinski definition) is 6. The Kier molecular flexibility index (Phi) is 8.18. The lowest BCUT2D eigenvalue weighted by Gasteiger charge is -2.37. The minimum absolute atomic E-state index is 0.00474. The van der Waals surface area contributed by atoms with Gasteiger partial charge in [-0.3, -0.25) is 14.4 Å². The summed E-state index contributed by atoms with van der Waals surface area (Å²) in [5.41, 5.74) is 4.95. The van der Waals surface area contributed by atoms with E-state index in [1.807, 2.05) is 72.5 Å². The van der Waals surface area contributed by atoms with Crippen molar-refractivity contribution in [3.63, 3.8) is 0 Å². The number of carbonyl (C=O) groups is 3. The summed E-state index contributed by atoms with van der Waals surface area (Å²) in [5.74, 6) is 0.633. The van der Waals surface area contributed by atoms with Crippen LogP contribution in [0.2, 0.25) is 0 Å². The highest BCUT2D eigenvalue weighted by atomic mass is 16.7. The Morgan fingerprint density at radius 3 is 2.25 bits per heavy atom. The number of nitrogens with one attached hydrogen (secondary N) is 1. The lowest BCUT2D eigenvalue weighted by atomic mass is 10.1. The van der Waals surface area contributed by atoms with E-state index >= 15 is 0 Å². The molecule has 0 aliphatic carbocycles. The highest BCUT2D eigenvalue weighted by Crippen LogP contribution is 2.33. The summed E-state index contributed by atoms with van der Waals surface area (Å²) in [5, 5.41) is 2.93. The minimum Gasteiger partial charge on any atom is -0.454 e. The van der Waals surface area contributed by atoms with Gasteiger partial charge in [0.25, 0.3) is 17.7 Å². The molecule has 1 N–H and O–H groups in total. The van der Waals surface area contributed by atoms with Crippen molar-refractivity contribution in [1.29, 1.82) is 0 Å². The molecule has 2 aliphatic heterocycles. The van der Waals surface area contributed by atoms with Gasteiger partial charge < -0.3 is 29.5 Å². The highest BCUT2D eigenvalue weighted by Gasteiger charge is 2.27. The predicted octanol–water partition coefficient (Wildman–Crippen LogP) is 5.21. The van der Waals surface area contributed by atoms with E-state index in [4.69, 9.17) is 9.47 Å². The largest absolute Gasteiger partial charge is 0.454 e. The van der Waals surface area contributed by atoms with Crippen LogP contribution >= 0.6 is 0 Å². The third-order valence-electron chi connectivity index (χ3n) is 7.93. The molecule has 0 unspecified atom stereocenters.